The van der Waals surface area contributed by atoms with Crippen molar-refractivity contribution in [2.45, 2.75) is 46.0 Å². The van der Waals surface area contributed by atoms with Gasteiger partial charge in [-0.15, -0.1) is 0 Å². The molecule has 1 saturated heterocycles. The Morgan fingerprint density at radius 1 is 1.09 bits per heavy atom. The van der Waals surface area contributed by atoms with Crippen LogP contribution in [-0.4, -0.2) is 44.2 Å². The van der Waals surface area contributed by atoms with Crippen LogP contribution in [0.2, 0.25) is 5.02 Å². The second-order valence-corrected chi connectivity index (χ2v) is 9.11. The van der Waals surface area contributed by atoms with Gasteiger partial charge in [-0.1, -0.05) is 43.3 Å². The molecule has 32 heavy (non-hydrogen) atoms. The standard InChI is InChI=1S/C27H38ClN3O/c1-4-23-8-7-9-26(27(23)28)31-17-15-30(16-18-31)14-5-6-19-32-25-13-12-24(21(2)20-25)11-10-22(3)29/h7-9,12-13,20H,3-6,10-11,14-19,29H2,1-2H3. The van der Waals surface area contributed by atoms with Crippen LogP contribution in [0.4, 0.5) is 5.69 Å². The van der Waals surface area contributed by atoms with Crippen molar-refractivity contribution in [3.8, 4) is 5.75 Å². The van der Waals surface area contributed by atoms with Crippen LogP contribution < -0.4 is 15.4 Å². The highest BCUT2D eigenvalue weighted by Crippen LogP contribution is 2.30. The third-order valence-electron chi connectivity index (χ3n) is 6.32. The lowest BCUT2D eigenvalue weighted by Gasteiger charge is -2.36. The minimum atomic E-state index is 0.737. The Labute approximate surface area is 199 Å². The van der Waals surface area contributed by atoms with Gasteiger partial charge in [-0.05, 0) is 80.5 Å². The van der Waals surface area contributed by atoms with Crippen LogP contribution >= 0.6 is 11.6 Å². The molecule has 0 aromatic heterocycles. The van der Waals surface area contributed by atoms with E-state index < -0.39 is 0 Å². The van der Waals surface area contributed by atoms with Crippen LogP contribution in [0.25, 0.3) is 0 Å². The monoisotopic (exact) mass is 455 g/mol. The fraction of sp³-hybridized carbons (Fsp3) is 0.481. The van der Waals surface area contributed by atoms with Gasteiger partial charge in [0.05, 0.1) is 17.3 Å². The van der Waals surface area contributed by atoms with Gasteiger partial charge in [0.15, 0.2) is 0 Å². The number of nitrogens with two attached hydrogens (primary N) is 1. The lowest BCUT2D eigenvalue weighted by atomic mass is 10.0. The maximum absolute atomic E-state index is 6.62. The van der Waals surface area contributed by atoms with E-state index >= 15 is 0 Å². The number of allylic oxidation sites excluding steroid dienone is 1. The van der Waals surface area contributed by atoms with E-state index in [0.717, 1.165) is 87.9 Å². The topological polar surface area (TPSA) is 41.7 Å². The molecular weight excluding hydrogens is 418 g/mol. The highest BCUT2D eigenvalue weighted by atomic mass is 35.5. The number of aryl methyl sites for hydroxylation is 3. The average Bonchev–Trinajstić information content (AvgIpc) is 2.79. The maximum Gasteiger partial charge on any atom is 0.119 e. The molecule has 2 N–H and O–H groups in total. The number of piperazine rings is 1. The van der Waals surface area contributed by atoms with Crippen LogP contribution in [0.1, 0.15) is 42.9 Å². The van der Waals surface area contributed by atoms with E-state index in [2.05, 4.69) is 66.6 Å². The molecule has 4 nitrogen and oxygen atoms in total. The Morgan fingerprint density at radius 2 is 1.88 bits per heavy atom. The summed E-state index contributed by atoms with van der Waals surface area (Å²) in [6.07, 6.45) is 4.96. The third kappa shape index (κ3) is 6.91. The summed E-state index contributed by atoms with van der Waals surface area (Å²) in [5, 5.41) is 0.925. The minimum Gasteiger partial charge on any atom is -0.494 e. The minimum absolute atomic E-state index is 0.737. The molecule has 1 heterocycles. The number of anilines is 1. The van der Waals surface area contributed by atoms with Gasteiger partial charge in [-0.3, -0.25) is 4.90 Å². The van der Waals surface area contributed by atoms with Crippen molar-refractivity contribution in [2.75, 3.05) is 44.2 Å². The molecular formula is C27H38ClN3O. The molecule has 0 spiro atoms. The number of hydrogen-bond acceptors (Lipinski definition) is 4. The van der Waals surface area contributed by atoms with Crippen molar-refractivity contribution in [3.63, 3.8) is 0 Å². The van der Waals surface area contributed by atoms with Crippen LogP contribution in [0.3, 0.4) is 0 Å². The van der Waals surface area contributed by atoms with E-state index in [1.807, 2.05) is 0 Å². The van der Waals surface area contributed by atoms with Gasteiger partial charge in [0, 0.05) is 31.9 Å². The highest BCUT2D eigenvalue weighted by molar-refractivity contribution is 6.34. The molecule has 0 amide bonds. The molecule has 1 fully saturated rings. The quantitative estimate of drug-likeness (QED) is 0.448. The van der Waals surface area contributed by atoms with Crippen molar-refractivity contribution in [2.24, 2.45) is 5.73 Å². The van der Waals surface area contributed by atoms with Gasteiger partial charge in [0.25, 0.3) is 0 Å². The van der Waals surface area contributed by atoms with Crippen molar-refractivity contribution in [1.29, 1.82) is 0 Å². The summed E-state index contributed by atoms with van der Waals surface area (Å²) in [5.41, 5.74) is 11.4. The van der Waals surface area contributed by atoms with Crippen molar-refractivity contribution >= 4 is 17.3 Å². The van der Waals surface area contributed by atoms with Crippen molar-refractivity contribution in [3.05, 3.63) is 70.4 Å². The van der Waals surface area contributed by atoms with E-state index in [0.29, 0.717) is 0 Å². The first kappa shape index (κ1) is 24.5. The highest BCUT2D eigenvalue weighted by Gasteiger charge is 2.19. The van der Waals surface area contributed by atoms with E-state index in [4.69, 9.17) is 22.1 Å². The zero-order chi connectivity index (χ0) is 22.9. The number of rotatable bonds is 11. The summed E-state index contributed by atoms with van der Waals surface area (Å²) in [5.74, 6) is 0.956. The van der Waals surface area contributed by atoms with Crippen molar-refractivity contribution < 1.29 is 4.74 Å². The lowest BCUT2D eigenvalue weighted by Crippen LogP contribution is -2.46. The molecule has 2 aromatic rings. The summed E-state index contributed by atoms with van der Waals surface area (Å²) in [4.78, 5) is 4.98. The zero-order valence-corrected chi connectivity index (χ0v) is 20.5. The van der Waals surface area contributed by atoms with Crippen LogP contribution in [0.15, 0.2) is 48.7 Å². The van der Waals surface area contributed by atoms with Gasteiger partial charge in [-0.25, -0.2) is 0 Å². The van der Waals surface area contributed by atoms with Gasteiger partial charge in [0.1, 0.15) is 5.75 Å². The van der Waals surface area contributed by atoms with E-state index in [-0.39, 0.29) is 0 Å². The second kappa shape index (κ2) is 12.2. The Morgan fingerprint density at radius 3 is 2.56 bits per heavy atom. The first-order valence-corrected chi connectivity index (χ1v) is 12.3. The van der Waals surface area contributed by atoms with E-state index in [9.17, 15) is 0 Å². The first-order valence-electron chi connectivity index (χ1n) is 11.9. The molecule has 0 bridgehead atoms. The Bertz CT molecular complexity index is 890. The zero-order valence-electron chi connectivity index (χ0n) is 19.7. The van der Waals surface area contributed by atoms with E-state index in [1.54, 1.807) is 0 Å². The van der Waals surface area contributed by atoms with Gasteiger partial charge < -0.3 is 15.4 Å². The normalized spacial score (nSPS) is 14.5. The molecule has 0 unspecified atom stereocenters. The van der Waals surface area contributed by atoms with Crippen LogP contribution in [0, 0.1) is 6.92 Å². The molecule has 5 heteroatoms. The molecule has 174 valence electrons. The molecule has 1 aliphatic heterocycles. The fourth-order valence-corrected chi connectivity index (χ4v) is 4.64. The second-order valence-electron chi connectivity index (χ2n) is 8.73. The predicted octanol–water partition coefficient (Wildman–Crippen LogP) is 5.60. The summed E-state index contributed by atoms with van der Waals surface area (Å²) >= 11 is 6.62. The number of nitrogens with zero attached hydrogens (tertiary/aromatic N) is 2. The summed E-state index contributed by atoms with van der Waals surface area (Å²) in [7, 11) is 0. The molecule has 0 aliphatic carbocycles. The smallest absolute Gasteiger partial charge is 0.119 e. The number of ether oxygens (including phenoxy) is 1. The largest absolute Gasteiger partial charge is 0.494 e. The van der Waals surface area contributed by atoms with Crippen LogP contribution in [0.5, 0.6) is 5.75 Å². The van der Waals surface area contributed by atoms with Crippen molar-refractivity contribution in [1.82, 2.24) is 4.90 Å². The maximum atomic E-state index is 6.62. The molecule has 2 aromatic carbocycles. The molecule has 1 aliphatic rings. The van der Waals surface area contributed by atoms with Gasteiger partial charge in [-0.2, -0.15) is 0 Å². The molecule has 0 saturated carbocycles. The Balaban J connectivity index is 1.34. The number of benzene rings is 2. The van der Waals surface area contributed by atoms with Crippen LogP contribution in [-0.2, 0) is 12.8 Å². The fourth-order valence-electron chi connectivity index (χ4n) is 4.26. The number of halogens is 1. The molecule has 0 atom stereocenters. The first-order chi connectivity index (χ1) is 15.5. The molecule has 3 rings (SSSR count). The Hall–Kier alpha value is -2.17. The summed E-state index contributed by atoms with van der Waals surface area (Å²) in [6.45, 7) is 14.2. The Kier molecular flexibility index (Phi) is 9.31. The number of hydrogen-bond donors (Lipinski definition) is 1. The van der Waals surface area contributed by atoms with Gasteiger partial charge in [0.2, 0.25) is 0 Å². The van der Waals surface area contributed by atoms with E-state index in [1.165, 1.54) is 22.4 Å². The SMILES string of the molecule is C=C(N)CCc1ccc(OCCCCN2CCN(c3cccc(CC)c3Cl)CC2)cc1C. The lowest BCUT2D eigenvalue weighted by molar-refractivity contribution is 0.238. The average molecular weight is 456 g/mol. The predicted molar refractivity (Wildman–Crippen MR) is 137 cm³/mol. The van der Waals surface area contributed by atoms with Gasteiger partial charge >= 0.3 is 0 Å². The number of unbranched alkanes of at least 4 members (excludes halogenated alkanes) is 1. The molecule has 0 radical (unpaired) electrons. The third-order valence-corrected chi connectivity index (χ3v) is 6.76. The summed E-state index contributed by atoms with van der Waals surface area (Å²) in [6, 6.07) is 12.7. The summed E-state index contributed by atoms with van der Waals surface area (Å²) < 4.78 is 5.98.